The highest BCUT2D eigenvalue weighted by Crippen LogP contribution is 2.17. The first-order valence-corrected chi connectivity index (χ1v) is 7.95. The quantitative estimate of drug-likeness (QED) is 0.795. The van der Waals surface area contributed by atoms with Crippen molar-refractivity contribution in [1.29, 1.82) is 0 Å². The summed E-state index contributed by atoms with van der Waals surface area (Å²) in [5.74, 6) is 1.38. The van der Waals surface area contributed by atoms with Gasteiger partial charge in [-0.1, -0.05) is 17.7 Å². The molecule has 6 heteroatoms. The third kappa shape index (κ3) is 6.10. The molecule has 1 N–H and O–H groups in total. The molecule has 2 rings (SSSR count). The molecule has 2 aromatic rings. The maximum atomic E-state index is 12.0. The molecule has 0 fully saturated rings. The fraction of sp³-hybridized carbons (Fsp3) is 0.278. The molecule has 0 heterocycles. The van der Waals surface area contributed by atoms with Crippen molar-refractivity contribution >= 4 is 23.2 Å². The number of benzene rings is 2. The summed E-state index contributed by atoms with van der Waals surface area (Å²) in [5, 5.41) is 3.52. The van der Waals surface area contributed by atoms with Crippen LogP contribution in [0, 0.1) is 0 Å². The Kier molecular flexibility index (Phi) is 6.90. The zero-order chi connectivity index (χ0) is 17.4. The number of likely N-dealkylation sites (N-methyl/N-ethyl adjacent to an activating group) is 1. The van der Waals surface area contributed by atoms with Crippen molar-refractivity contribution < 1.29 is 14.3 Å². The number of amides is 1. The first-order valence-electron chi connectivity index (χ1n) is 7.57. The summed E-state index contributed by atoms with van der Waals surface area (Å²) in [6.07, 6.45) is 0. The Hall–Kier alpha value is -2.24. The maximum absolute atomic E-state index is 12.0. The van der Waals surface area contributed by atoms with E-state index in [1.165, 1.54) is 0 Å². The maximum Gasteiger partial charge on any atom is 0.238 e. The SMILES string of the molecule is COc1cccc(NC(=O)CN(C)CCOc2ccc(Cl)cc2)c1. The van der Waals surface area contributed by atoms with Gasteiger partial charge < -0.3 is 14.8 Å². The lowest BCUT2D eigenvalue weighted by molar-refractivity contribution is -0.117. The summed E-state index contributed by atoms with van der Waals surface area (Å²) in [5.41, 5.74) is 0.713. The molecule has 0 aliphatic carbocycles. The molecule has 0 saturated carbocycles. The van der Waals surface area contributed by atoms with E-state index in [1.807, 2.05) is 42.3 Å². The van der Waals surface area contributed by atoms with Crippen LogP contribution in [0.25, 0.3) is 0 Å². The van der Waals surface area contributed by atoms with E-state index in [0.717, 1.165) is 5.75 Å². The van der Waals surface area contributed by atoms with Gasteiger partial charge in [0.1, 0.15) is 18.1 Å². The van der Waals surface area contributed by atoms with Crippen LogP contribution in [-0.4, -0.2) is 44.7 Å². The van der Waals surface area contributed by atoms with Gasteiger partial charge in [0.15, 0.2) is 0 Å². The van der Waals surface area contributed by atoms with Gasteiger partial charge in [0, 0.05) is 23.3 Å². The largest absolute Gasteiger partial charge is 0.497 e. The van der Waals surface area contributed by atoms with Gasteiger partial charge in [0.25, 0.3) is 0 Å². The van der Waals surface area contributed by atoms with Crippen LogP contribution in [0.2, 0.25) is 5.02 Å². The van der Waals surface area contributed by atoms with Gasteiger partial charge in [0.2, 0.25) is 5.91 Å². The van der Waals surface area contributed by atoms with Crippen molar-refractivity contribution in [3.63, 3.8) is 0 Å². The number of nitrogens with zero attached hydrogens (tertiary/aromatic N) is 1. The zero-order valence-corrected chi connectivity index (χ0v) is 14.5. The Labute approximate surface area is 147 Å². The number of carbonyl (C=O) groups excluding carboxylic acids is 1. The highest BCUT2D eigenvalue weighted by atomic mass is 35.5. The Bertz CT molecular complexity index is 662. The number of ether oxygens (including phenoxy) is 2. The Balaban J connectivity index is 1.72. The van der Waals surface area contributed by atoms with Crippen molar-refractivity contribution in [1.82, 2.24) is 4.90 Å². The molecule has 5 nitrogen and oxygen atoms in total. The van der Waals surface area contributed by atoms with Crippen LogP contribution in [0.3, 0.4) is 0 Å². The monoisotopic (exact) mass is 348 g/mol. The Morgan fingerprint density at radius 2 is 1.92 bits per heavy atom. The summed E-state index contributed by atoms with van der Waals surface area (Å²) in [7, 11) is 3.46. The lowest BCUT2D eigenvalue weighted by Crippen LogP contribution is -2.33. The third-order valence-corrected chi connectivity index (χ3v) is 3.57. The number of halogens is 1. The fourth-order valence-corrected chi connectivity index (χ4v) is 2.20. The van der Waals surface area contributed by atoms with Crippen LogP contribution < -0.4 is 14.8 Å². The van der Waals surface area contributed by atoms with E-state index in [4.69, 9.17) is 21.1 Å². The number of hydrogen-bond donors (Lipinski definition) is 1. The van der Waals surface area contributed by atoms with Crippen LogP contribution in [-0.2, 0) is 4.79 Å². The molecule has 0 saturated heterocycles. The van der Waals surface area contributed by atoms with Gasteiger partial charge >= 0.3 is 0 Å². The van der Waals surface area contributed by atoms with Gasteiger partial charge in [-0.25, -0.2) is 0 Å². The molecular formula is C18H21ClN2O3. The van der Waals surface area contributed by atoms with E-state index in [9.17, 15) is 4.79 Å². The van der Waals surface area contributed by atoms with Crippen LogP contribution in [0.4, 0.5) is 5.69 Å². The predicted octanol–water partition coefficient (Wildman–Crippen LogP) is 3.30. The van der Waals surface area contributed by atoms with Crippen molar-refractivity contribution in [2.45, 2.75) is 0 Å². The molecule has 0 bridgehead atoms. The Morgan fingerprint density at radius 3 is 2.62 bits per heavy atom. The molecule has 0 spiro atoms. The van der Waals surface area contributed by atoms with Crippen molar-refractivity contribution in [2.24, 2.45) is 0 Å². The summed E-state index contributed by atoms with van der Waals surface area (Å²) in [6.45, 7) is 1.40. The molecule has 128 valence electrons. The first-order chi connectivity index (χ1) is 11.6. The lowest BCUT2D eigenvalue weighted by Gasteiger charge is -2.17. The van der Waals surface area contributed by atoms with E-state index >= 15 is 0 Å². The normalized spacial score (nSPS) is 10.5. The second kappa shape index (κ2) is 9.15. The van der Waals surface area contributed by atoms with Crippen LogP contribution in [0.1, 0.15) is 0 Å². The highest BCUT2D eigenvalue weighted by Gasteiger charge is 2.07. The topological polar surface area (TPSA) is 50.8 Å². The highest BCUT2D eigenvalue weighted by molar-refractivity contribution is 6.30. The molecule has 24 heavy (non-hydrogen) atoms. The van der Waals surface area contributed by atoms with Crippen molar-refractivity contribution in [3.8, 4) is 11.5 Å². The molecule has 0 aliphatic heterocycles. The molecule has 2 aromatic carbocycles. The molecule has 0 aliphatic rings. The second-order valence-electron chi connectivity index (χ2n) is 5.32. The number of anilines is 1. The molecule has 0 atom stereocenters. The summed E-state index contributed by atoms with van der Waals surface area (Å²) in [4.78, 5) is 13.9. The van der Waals surface area contributed by atoms with Gasteiger partial charge in [0.05, 0.1) is 13.7 Å². The number of hydrogen-bond acceptors (Lipinski definition) is 4. The summed E-state index contributed by atoms with van der Waals surface area (Å²) in [6, 6.07) is 14.5. The second-order valence-corrected chi connectivity index (χ2v) is 5.76. The minimum atomic E-state index is -0.0859. The zero-order valence-electron chi connectivity index (χ0n) is 13.8. The lowest BCUT2D eigenvalue weighted by atomic mass is 10.3. The van der Waals surface area contributed by atoms with E-state index in [2.05, 4.69) is 5.32 Å². The molecule has 0 unspecified atom stereocenters. The van der Waals surface area contributed by atoms with Gasteiger partial charge in [-0.2, -0.15) is 0 Å². The first kappa shape index (κ1) is 18.1. The van der Waals surface area contributed by atoms with E-state index in [1.54, 1.807) is 25.3 Å². The van der Waals surface area contributed by atoms with Crippen LogP contribution in [0.5, 0.6) is 11.5 Å². The van der Waals surface area contributed by atoms with E-state index < -0.39 is 0 Å². The summed E-state index contributed by atoms with van der Waals surface area (Å²) >= 11 is 5.82. The van der Waals surface area contributed by atoms with E-state index in [-0.39, 0.29) is 12.5 Å². The van der Waals surface area contributed by atoms with Gasteiger partial charge in [-0.05, 0) is 43.4 Å². The molecule has 1 amide bonds. The number of rotatable bonds is 8. The van der Waals surface area contributed by atoms with Crippen molar-refractivity contribution in [2.75, 3.05) is 39.2 Å². The summed E-state index contributed by atoms with van der Waals surface area (Å²) < 4.78 is 10.7. The third-order valence-electron chi connectivity index (χ3n) is 3.32. The molecule has 0 aromatic heterocycles. The van der Waals surface area contributed by atoms with E-state index in [0.29, 0.717) is 29.6 Å². The number of methoxy groups -OCH3 is 1. The average molecular weight is 349 g/mol. The fourth-order valence-electron chi connectivity index (χ4n) is 2.08. The van der Waals surface area contributed by atoms with Crippen LogP contribution >= 0.6 is 11.6 Å². The van der Waals surface area contributed by atoms with Gasteiger partial charge in [-0.3, -0.25) is 9.69 Å². The minimum Gasteiger partial charge on any atom is -0.497 e. The number of carbonyl (C=O) groups is 1. The molecule has 0 radical (unpaired) electrons. The average Bonchev–Trinajstić information content (AvgIpc) is 2.56. The molecular weight excluding hydrogens is 328 g/mol. The van der Waals surface area contributed by atoms with Gasteiger partial charge in [-0.15, -0.1) is 0 Å². The standard InChI is InChI=1S/C18H21ClN2O3/c1-21(10-11-24-16-8-6-14(19)7-9-16)13-18(22)20-15-4-3-5-17(12-15)23-2/h3-9,12H,10-11,13H2,1-2H3,(H,20,22). The minimum absolute atomic E-state index is 0.0859. The van der Waals surface area contributed by atoms with Crippen LogP contribution in [0.15, 0.2) is 48.5 Å². The smallest absolute Gasteiger partial charge is 0.238 e. The Morgan fingerprint density at radius 1 is 1.17 bits per heavy atom. The predicted molar refractivity (Wildman–Crippen MR) is 96.1 cm³/mol. The number of nitrogens with one attached hydrogen (secondary N) is 1. The van der Waals surface area contributed by atoms with Crippen molar-refractivity contribution in [3.05, 3.63) is 53.6 Å².